The van der Waals surface area contributed by atoms with Crippen LogP contribution in [0, 0.1) is 13.8 Å². The van der Waals surface area contributed by atoms with Crippen molar-refractivity contribution in [1.29, 1.82) is 0 Å². The molecule has 2 aromatic carbocycles. The normalized spacial score (nSPS) is 10.3. The van der Waals surface area contributed by atoms with Gasteiger partial charge in [-0.15, -0.1) is 0 Å². The Morgan fingerprint density at radius 2 is 1.09 bits per heavy atom. The highest BCUT2D eigenvalue weighted by Crippen LogP contribution is 2.05. The van der Waals surface area contributed by atoms with Gasteiger partial charge in [-0.25, -0.2) is 0 Å². The molecule has 2 heteroatoms. The van der Waals surface area contributed by atoms with E-state index < -0.39 is 0 Å². The van der Waals surface area contributed by atoms with E-state index in [4.69, 9.17) is 0 Å². The van der Waals surface area contributed by atoms with Gasteiger partial charge in [0.05, 0.1) is 0 Å². The fraction of sp³-hybridized carbons (Fsp3) is 0.100. The van der Waals surface area contributed by atoms with Gasteiger partial charge < -0.3 is 0 Å². The first-order valence-corrected chi connectivity index (χ1v) is 7.02. The minimum absolute atomic E-state index is 0.780. The molecule has 0 fully saturated rings. The zero-order valence-electron chi connectivity index (χ0n) is 12.9. The van der Waals surface area contributed by atoms with E-state index in [1.165, 1.54) is 23.3 Å². The molecule has 22 heavy (non-hydrogen) atoms. The summed E-state index contributed by atoms with van der Waals surface area (Å²) in [7, 11) is 0. The summed E-state index contributed by atoms with van der Waals surface area (Å²) in [5, 5.41) is 0. The van der Waals surface area contributed by atoms with Crippen LogP contribution in [0.15, 0.2) is 60.7 Å². The van der Waals surface area contributed by atoms with E-state index >= 15 is 0 Å². The number of carbonyl (C=O) groups is 2. The van der Waals surface area contributed by atoms with Crippen LogP contribution in [-0.2, 0) is 9.59 Å². The summed E-state index contributed by atoms with van der Waals surface area (Å²) < 4.78 is 0. The predicted octanol–water partition coefficient (Wildman–Crippen LogP) is 4.41. The largest absolute Gasteiger partial charge is 0.299 e. The van der Waals surface area contributed by atoms with Crippen molar-refractivity contribution in [3.8, 4) is 0 Å². The highest BCUT2D eigenvalue weighted by atomic mass is 16.1. The van der Waals surface area contributed by atoms with Crippen LogP contribution in [-0.4, -0.2) is 12.6 Å². The molecule has 0 aliphatic carbocycles. The number of hydrogen-bond acceptors (Lipinski definition) is 2. The van der Waals surface area contributed by atoms with Crippen molar-refractivity contribution in [2.75, 3.05) is 0 Å². The molecule has 0 saturated heterocycles. The van der Waals surface area contributed by atoms with Crippen molar-refractivity contribution < 1.29 is 9.59 Å². The Bertz CT molecular complexity index is 607. The molecule has 2 nitrogen and oxygen atoms in total. The third kappa shape index (κ3) is 7.15. The van der Waals surface area contributed by atoms with Crippen molar-refractivity contribution >= 4 is 24.7 Å². The second-order valence-corrected chi connectivity index (χ2v) is 4.82. The van der Waals surface area contributed by atoms with Gasteiger partial charge >= 0.3 is 0 Å². The van der Waals surface area contributed by atoms with Gasteiger partial charge in [-0.3, -0.25) is 9.59 Å². The molecule has 2 rings (SSSR count). The van der Waals surface area contributed by atoms with Crippen molar-refractivity contribution in [2.45, 2.75) is 13.8 Å². The molecule has 0 N–H and O–H groups in total. The van der Waals surface area contributed by atoms with Gasteiger partial charge in [-0.05, 0) is 37.1 Å². The van der Waals surface area contributed by atoms with Crippen molar-refractivity contribution in [2.24, 2.45) is 0 Å². The fourth-order valence-electron chi connectivity index (χ4n) is 1.85. The molecule has 0 aliphatic rings. The van der Waals surface area contributed by atoms with Gasteiger partial charge in [0.15, 0.2) is 0 Å². The highest BCUT2D eigenvalue weighted by molar-refractivity contribution is 5.74. The number of aryl methyl sites for hydroxylation is 2. The number of rotatable bonds is 4. The Labute approximate surface area is 131 Å². The van der Waals surface area contributed by atoms with Gasteiger partial charge in [0, 0.05) is 0 Å². The zero-order valence-corrected chi connectivity index (χ0v) is 12.9. The van der Waals surface area contributed by atoms with E-state index in [0.717, 1.165) is 23.7 Å². The molecule has 0 atom stereocenters. The minimum Gasteiger partial charge on any atom is -0.299 e. The maximum Gasteiger partial charge on any atom is 0.142 e. The molecule has 0 radical (unpaired) electrons. The second-order valence-electron chi connectivity index (χ2n) is 4.82. The topological polar surface area (TPSA) is 34.1 Å². The van der Waals surface area contributed by atoms with Crippen LogP contribution in [0.4, 0.5) is 0 Å². The molecule has 112 valence electrons. The lowest BCUT2D eigenvalue weighted by Gasteiger charge is -1.93. The van der Waals surface area contributed by atoms with E-state index in [9.17, 15) is 9.59 Å². The maximum absolute atomic E-state index is 9.98. The van der Waals surface area contributed by atoms with Crippen molar-refractivity contribution in [3.05, 3.63) is 82.9 Å². The van der Waals surface area contributed by atoms with Crippen LogP contribution in [0.25, 0.3) is 12.2 Å². The van der Waals surface area contributed by atoms with Crippen LogP contribution in [0.1, 0.15) is 22.3 Å². The zero-order chi connectivity index (χ0) is 16.2. The lowest BCUT2D eigenvalue weighted by molar-refractivity contribution is -0.104. The summed E-state index contributed by atoms with van der Waals surface area (Å²) >= 11 is 0. The Balaban J connectivity index is 0.000000220. The third-order valence-electron chi connectivity index (χ3n) is 2.82. The van der Waals surface area contributed by atoms with Crippen molar-refractivity contribution in [1.82, 2.24) is 0 Å². The summed E-state index contributed by atoms with van der Waals surface area (Å²) in [5.41, 5.74) is 4.55. The van der Waals surface area contributed by atoms with Crippen LogP contribution in [0.5, 0.6) is 0 Å². The summed E-state index contributed by atoms with van der Waals surface area (Å²) in [6, 6.07) is 16.0. The monoisotopic (exact) mass is 292 g/mol. The molecule has 0 unspecified atom stereocenters. The Kier molecular flexibility index (Phi) is 7.91. The lowest BCUT2D eigenvalue weighted by Crippen LogP contribution is -1.74. The van der Waals surface area contributed by atoms with E-state index in [1.54, 1.807) is 12.2 Å². The first kappa shape index (κ1) is 17.3. The van der Waals surface area contributed by atoms with Gasteiger partial charge in [0.1, 0.15) is 12.6 Å². The van der Waals surface area contributed by atoms with Gasteiger partial charge in [-0.2, -0.15) is 0 Å². The quantitative estimate of drug-likeness (QED) is 0.617. The maximum atomic E-state index is 9.98. The molecule has 0 saturated carbocycles. The van der Waals surface area contributed by atoms with Crippen molar-refractivity contribution in [3.63, 3.8) is 0 Å². The highest BCUT2D eigenvalue weighted by Gasteiger charge is 1.86. The van der Waals surface area contributed by atoms with E-state index in [1.807, 2.05) is 62.4 Å². The standard InChI is InChI=1S/2C10H10O/c2*1-9-4-2-5-10(8-9)6-3-7-11/h2*2-8H,1H3/b6-3+;. The molecular weight excluding hydrogens is 272 g/mol. The third-order valence-corrected chi connectivity index (χ3v) is 2.82. The first-order valence-electron chi connectivity index (χ1n) is 7.02. The Hall–Kier alpha value is -2.74. The summed E-state index contributed by atoms with van der Waals surface area (Å²) in [6.45, 7) is 4.05. The number of hydrogen-bond donors (Lipinski definition) is 0. The fourth-order valence-corrected chi connectivity index (χ4v) is 1.85. The SMILES string of the molecule is Cc1cccc(/C=C/C=O)c1.Cc1cccc(C=CC=O)c1. The molecule has 0 spiro atoms. The molecule has 2 aromatic rings. The number of aldehydes is 2. The first-order chi connectivity index (χ1) is 10.7. The summed E-state index contributed by atoms with van der Waals surface area (Å²) in [6.07, 6.45) is 8.13. The number of benzene rings is 2. The second kappa shape index (κ2) is 10.1. The molecule has 0 heterocycles. The van der Waals surface area contributed by atoms with Crippen LogP contribution in [0.2, 0.25) is 0 Å². The molecule has 0 bridgehead atoms. The molecule has 0 aromatic heterocycles. The van der Waals surface area contributed by atoms with E-state index in [2.05, 4.69) is 0 Å². The smallest absolute Gasteiger partial charge is 0.142 e. The number of carbonyl (C=O) groups excluding carboxylic acids is 2. The van der Waals surface area contributed by atoms with Gasteiger partial charge in [0.25, 0.3) is 0 Å². The van der Waals surface area contributed by atoms with Crippen LogP contribution in [0.3, 0.4) is 0 Å². The van der Waals surface area contributed by atoms with Crippen LogP contribution < -0.4 is 0 Å². The van der Waals surface area contributed by atoms with Gasteiger partial charge in [-0.1, -0.05) is 71.8 Å². The average molecular weight is 292 g/mol. The molecule has 0 aliphatic heterocycles. The molecule has 0 amide bonds. The Morgan fingerprint density at radius 1 is 0.682 bits per heavy atom. The summed E-state index contributed by atoms with van der Waals surface area (Å²) in [4.78, 5) is 20.0. The van der Waals surface area contributed by atoms with Gasteiger partial charge in [0.2, 0.25) is 0 Å². The Morgan fingerprint density at radius 3 is 1.41 bits per heavy atom. The summed E-state index contributed by atoms with van der Waals surface area (Å²) in [5.74, 6) is 0. The number of allylic oxidation sites excluding steroid dienone is 2. The van der Waals surface area contributed by atoms with E-state index in [0.29, 0.717) is 0 Å². The minimum atomic E-state index is 0.780. The van der Waals surface area contributed by atoms with Crippen LogP contribution >= 0.6 is 0 Å². The average Bonchev–Trinajstić information content (AvgIpc) is 2.52. The predicted molar refractivity (Wildman–Crippen MR) is 92.6 cm³/mol. The molecular formula is C20H20O2. The van der Waals surface area contributed by atoms with E-state index in [-0.39, 0.29) is 0 Å². The lowest BCUT2D eigenvalue weighted by atomic mass is 10.1.